The monoisotopic (exact) mass is 466 g/mol. The maximum absolute atomic E-state index is 14.3. The van der Waals surface area contributed by atoms with Crippen molar-refractivity contribution in [1.29, 1.82) is 0 Å². The van der Waals surface area contributed by atoms with Gasteiger partial charge in [-0.1, -0.05) is 30.0 Å². The van der Waals surface area contributed by atoms with E-state index in [2.05, 4.69) is 11.8 Å². The zero-order chi connectivity index (χ0) is 24.2. The first-order valence-electron chi connectivity index (χ1n) is 10.5. The van der Waals surface area contributed by atoms with E-state index < -0.39 is 29.1 Å². The number of rotatable bonds is 5. The van der Waals surface area contributed by atoms with Crippen molar-refractivity contribution in [2.45, 2.75) is 19.4 Å². The predicted octanol–water partition coefficient (Wildman–Crippen LogP) is 6.87. The molecule has 0 atom stereocenters. The summed E-state index contributed by atoms with van der Waals surface area (Å²) in [5.41, 5.74) is 2.58. The topological polar surface area (TPSA) is 9.23 Å². The molecule has 0 unspecified atom stereocenters. The molecule has 0 heterocycles. The van der Waals surface area contributed by atoms with Crippen molar-refractivity contribution in [1.82, 2.24) is 0 Å². The fourth-order valence-corrected chi connectivity index (χ4v) is 3.70. The van der Waals surface area contributed by atoms with Crippen LogP contribution in [0.1, 0.15) is 27.8 Å². The van der Waals surface area contributed by atoms with Gasteiger partial charge < -0.3 is 4.74 Å². The molecule has 1 nitrogen and oxygen atoms in total. The normalized spacial score (nSPS) is 10.9. The number of halogens is 5. The van der Waals surface area contributed by atoms with Crippen LogP contribution in [0.25, 0.3) is 10.8 Å². The Morgan fingerprint density at radius 2 is 1.29 bits per heavy atom. The zero-order valence-electron chi connectivity index (χ0n) is 18.2. The first-order valence-corrected chi connectivity index (χ1v) is 10.5. The summed E-state index contributed by atoms with van der Waals surface area (Å²) in [7, 11) is 1.46. The number of methoxy groups -OCH3 is 1. The first-order chi connectivity index (χ1) is 16.4. The van der Waals surface area contributed by atoms with Gasteiger partial charge in [0.2, 0.25) is 0 Å². The van der Waals surface area contributed by atoms with E-state index in [9.17, 15) is 22.0 Å². The average molecular weight is 466 g/mol. The Labute approximate surface area is 193 Å². The second kappa shape index (κ2) is 10.1. The van der Waals surface area contributed by atoms with Gasteiger partial charge in [0.05, 0.1) is 6.61 Å². The van der Waals surface area contributed by atoms with Gasteiger partial charge in [0, 0.05) is 29.2 Å². The van der Waals surface area contributed by atoms with E-state index >= 15 is 0 Å². The highest BCUT2D eigenvalue weighted by Gasteiger charge is 2.13. The minimum atomic E-state index is -1.50. The number of hydrogen-bond acceptors (Lipinski definition) is 1. The first kappa shape index (κ1) is 23.5. The summed E-state index contributed by atoms with van der Waals surface area (Å²) < 4.78 is 74.1. The highest BCUT2D eigenvalue weighted by Crippen LogP contribution is 2.24. The molecule has 0 fully saturated rings. The molecule has 0 aromatic heterocycles. The minimum Gasteiger partial charge on any atom is -0.380 e. The van der Waals surface area contributed by atoms with Crippen LogP contribution in [-0.2, 0) is 24.2 Å². The number of benzene rings is 4. The van der Waals surface area contributed by atoms with E-state index in [1.165, 1.54) is 37.4 Å². The summed E-state index contributed by atoms with van der Waals surface area (Å²) in [6.45, 7) is 0.141. The summed E-state index contributed by atoms with van der Waals surface area (Å²) in [5, 5.41) is 0.197. The standard InChI is InChI=1S/C28H19F5O/c1-34-16-20-13-24(29)23(25(30)14-20)11-8-18-4-2-17(3-5-18)6-7-19-9-10-22-21(12-19)15-26(31)28(33)27(22)32/h2-5,9-10,12-15H,8,11,16H2,1H3. The van der Waals surface area contributed by atoms with Crippen molar-refractivity contribution in [2.75, 3.05) is 7.11 Å². The number of aryl methyl sites for hydroxylation is 1. The van der Waals surface area contributed by atoms with Crippen LogP contribution in [0.15, 0.2) is 60.7 Å². The van der Waals surface area contributed by atoms with Gasteiger partial charge in [-0.15, -0.1) is 0 Å². The lowest BCUT2D eigenvalue weighted by Crippen LogP contribution is -2.01. The van der Waals surface area contributed by atoms with E-state index in [1.54, 1.807) is 12.1 Å². The van der Waals surface area contributed by atoms with Gasteiger partial charge in [-0.2, -0.15) is 0 Å². The van der Waals surface area contributed by atoms with Gasteiger partial charge in [0.25, 0.3) is 0 Å². The Hall–Kier alpha value is -3.69. The Bertz CT molecular complexity index is 1390. The maximum atomic E-state index is 14.3. The van der Waals surface area contributed by atoms with Crippen molar-refractivity contribution < 1.29 is 26.7 Å². The second-order valence-electron chi connectivity index (χ2n) is 7.84. The number of ether oxygens (including phenoxy) is 1. The molecule has 0 bridgehead atoms. The number of hydrogen-bond donors (Lipinski definition) is 0. The van der Waals surface area contributed by atoms with Crippen LogP contribution in [0.4, 0.5) is 22.0 Å². The molecule has 0 N–H and O–H groups in total. The summed E-state index contributed by atoms with van der Waals surface area (Å²) >= 11 is 0. The van der Waals surface area contributed by atoms with Crippen LogP contribution in [0, 0.1) is 40.9 Å². The quantitative estimate of drug-likeness (QED) is 0.177. The lowest BCUT2D eigenvalue weighted by molar-refractivity contribution is 0.184. The molecule has 6 heteroatoms. The van der Waals surface area contributed by atoms with Crippen molar-refractivity contribution in [3.05, 3.63) is 118 Å². The summed E-state index contributed by atoms with van der Waals surface area (Å²) in [4.78, 5) is 0. The average Bonchev–Trinajstić information content (AvgIpc) is 2.81. The molecule has 4 rings (SSSR count). The lowest BCUT2D eigenvalue weighted by atomic mass is 10.0. The van der Waals surface area contributed by atoms with E-state index in [-0.39, 0.29) is 29.4 Å². The van der Waals surface area contributed by atoms with Crippen LogP contribution < -0.4 is 0 Å². The predicted molar refractivity (Wildman–Crippen MR) is 121 cm³/mol. The van der Waals surface area contributed by atoms with Crippen LogP contribution in [0.5, 0.6) is 0 Å². The third-order valence-electron chi connectivity index (χ3n) is 5.45. The third kappa shape index (κ3) is 5.11. The Morgan fingerprint density at radius 1 is 0.647 bits per heavy atom. The molecule has 0 aliphatic heterocycles. The van der Waals surface area contributed by atoms with Crippen LogP contribution in [-0.4, -0.2) is 7.11 Å². The molecule has 34 heavy (non-hydrogen) atoms. The minimum absolute atomic E-state index is 0.0185. The fraction of sp³-hybridized carbons (Fsp3) is 0.143. The molecular formula is C28H19F5O. The molecular weight excluding hydrogens is 447 g/mol. The molecule has 0 aliphatic carbocycles. The van der Waals surface area contributed by atoms with Crippen molar-refractivity contribution in [3.8, 4) is 11.8 Å². The van der Waals surface area contributed by atoms with Crippen molar-refractivity contribution >= 4 is 10.8 Å². The van der Waals surface area contributed by atoms with E-state index in [0.717, 1.165) is 11.6 Å². The summed E-state index contributed by atoms with van der Waals surface area (Å²) in [5.74, 6) is 0.716. The Balaban J connectivity index is 1.46. The smallest absolute Gasteiger partial charge is 0.195 e. The molecule has 0 spiro atoms. The molecule has 4 aromatic rings. The molecule has 172 valence electrons. The zero-order valence-corrected chi connectivity index (χ0v) is 18.2. The molecule has 0 saturated heterocycles. The lowest BCUT2D eigenvalue weighted by Gasteiger charge is -2.08. The highest BCUT2D eigenvalue weighted by molar-refractivity contribution is 5.84. The highest BCUT2D eigenvalue weighted by atomic mass is 19.2. The Kier molecular flexibility index (Phi) is 6.95. The largest absolute Gasteiger partial charge is 0.380 e. The van der Waals surface area contributed by atoms with Gasteiger partial charge in [-0.05, 0) is 71.8 Å². The van der Waals surface area contributed by atoms with Crippen LogP contribution in [0.3, 0.4) is 0 Å². The molecule has 0 aliphatic rings. The second-order valence-corrected chi connectivity index (χ2v) is 7.84. The summed E-state index contributed by atoms with van der Waals surface area (Å²) in [6, 6.07) is 15.1. The van der Waals surface area contributed by atoms with Gasteiger partial charge in [-0.25, -0.2) is 22.0 Å². The molecule has 0 amide bonds. The fourth-order valence-electron chi connectivity index (χ4n) is 3.70. The van der Waals surface area contributed by atoms with E-state index in [4.69, 9.17) is 4.74 Å². The molecule has 0 saturated carbocycles. The SMILES string of the molecule is COCc1cc(F)c(CCc2ccc(C#Cc3ccc4c(F)c(F)c(F)cc4c3)cc2)c(F)c1. The Morgan fingerprint density at radius 3 is 1.97 bits per heavy atom. The maximum Gasteiger partial charge on any atom is 0.195 e. The van der Waals surface area contributed by atoms with Crippen LogP contribution >= 0.6 is 0 Å². The third-order valence-corrected chi connectivity index (χ3v) is 5.45. The molecule has 0 radical (unpaired) electrons. The van der Waals surface area contributed by atoms with E-state index in [1.807, 2.05) is 12.1 Å². The number of fused-ring (bicyclic) bond motifs is 1. The van der Waals surface area contributed by atoms with Gasteiger partial charge >= 0.3 is 0 Å². The molecule has 4 aromatic carbocycles. The van der Waals surface area contributed by atoms with E-state index in [0.29, 0.717) is 23.1 Å². The van der Waals surface area contributed by atoms with Crippen molar-refractivity contribution in [3.63, 3.8) is 0 Å². The van der Waals surface area contributed by atoms with Gasteiger partial charge in [0.1, 0.15) is 11.6 Å². The van der Waals surface area contributed by atoms with Crippen molar-refractivity contribution in [2.24, 2.45) is 0 Å². The summed E-state index contributed by atoms with van der Waals surface area (Å²) in [6.07, 6.45) is 0.657. The van der Waals surface area contributed by atoms with Crippen LogP contribution in [0.2, 0.25) is 0 Å². The van der Waals surface area contributed by atoms with Gasteiger partial charge in [-0.3, -0.25) is 0 Å². The van der Waals surface area contributed by atoms with Gasteiger partial charge in [0.15, 0.2) is 17.5 Å².